The van der Waals surface area contributed by atoms with Crippen molar-refractivity contribution in [1.29, 1.82) is 0 Å². The highest BCUT2D eigenvalue weighted by atomic mass is 35.5. The zero-order valence-electron chi connectivity index (χ0n) is 24.5. The smallest absolute Gasteiger partial charge is 0.335 e. The van der Waals surface area contributed by atoms with Crippen LogP contribution in [0, 0.1) is 5.92 Å². The topological polar surface area (TPSA) is 233 Å². The van der Waals surface area contributed by atoms with Crippen molar-refractivity contribution in [3.63, 3.8) is 0 Å². The van der Waals surface area contributed by atoms with Crippen LogP contribution in [0.4, 0.5) is 0 Å². The number of carboxylic acids is 2. The van der Waals surface area contributed by atoms with Crippen molar-refractivity contribution in [2.24, 2.45) is 5.92 Å². The van der Waals surface area contributed by atoms with Crippen LogP contribution < -0.4 is 17.1 Å². The molecular formula is C28H42ClNO14. The van der Waals surface area contributed by atoms with Crippen LogP contribution in [0.1, 0.15) is 31.2 Å². The molecule has 1 aromatic rings. The van der Waals surface area contributed by atoms with Gasteiger partial charge in [0.2, 0.25) is 6.23 Å². The molecule has 3 fully saturated rings. The van der Waals surface area contributed by atoms with Gasteiger partial charge >= 0.3 is 11.9 Å². The number of nitrogens with zero attached hydrogens (tertiary/aromatic N) is 1. The van der Waals surface area contributed by atoms with Crippen LogP contribution in [-0.2, 0) is 29.4 Å². The number of benzene rings is 1. The Morgan fingerprint density at radius 2 is 1.55 bits per heavy atom. The molecule has 15 nitrogen and oxygen atoms in total. The fourth-order valence-electron chi connectivity index (χ4n) is 6.50. The summed E-state index contributed by atoms with van der Waals surface area (Å²) >= 11 is 0. The Bertz CT molecular complexity index is 1160. The van der Waals surface area contributed by atoms with Crippen molar-refractivity contribution < 1.29 is 86.3 Å². The number of quaternary nitrogens is 1. The van der Waals surface area contributed by atoms with Crippen molar-refractivity contribution in [3.8, 4) is 5.75 Å². The Hall–Kier alpha value is -2.15. The minimum atomic E-state index is -2.00. The average Bonchev–Trinajstić information content (AvgIpc) is 2.96. The molecule has 0 amide bonds. The minimum absolute atomic E-state index is 0. The van der Waals surface area contributed by atoms with Gasteiger partial charge < -0.3 is 76.7 Å². The van der Waals surface area contributed by atoms with Crippen LogP contribution in [0.3, 0.4) is 0 Å². The molecule has 250 valence electrons. The molecule has 2 saturated heterocycles. The summed E-state index contributed by atoms with van der Waals surface area (Å²) < 4.78 is 22.0. The number of likely N-dealkylation sites (N-methyl/N-ethyl adjacent to an activating group) is 1. The van der Waals surface area contributed by atoms with Gasteiger partial charge in [-0.25, -0.2) is 9.59 Å². The first-order valence-corrected chi connectivity index (χ1v) is 14.1. The summed E-state index contributed by atoms with van der Waals surface area (Å²) in [5.41, 5.74) is -0.659. The van der Waals surface area contributed by atoms with E-state index in [2.05, 4.69) is 0 Å². The zero-order valence-corrected chi connectivity index (χ0v) is 25.3. The summed E-state index contributed by atoms with van der Waals surface area (Å²) in [7, 11) is 4.83. The van der Waals surface area contributed by atoms with Crippen LogP contribution >= 0.6 is 0 Å². The summed E-state index contributed by atoms with van der Waals surface area (Å²) in [5, 5.41) is 83.7. The van der Waals surface area contributed by atoms with Crippen LogP contribution in [0.2, 0.25) is 0 Å². The first kappa shape index (κ1) is 36.3. The molecule has 2 aliphatic heterocycles. The summed E-state index contributed by atoms with van der Waals surface area (Å²) in [6.45, 7) is 0.167. The molecule has 2 heterocycles. The molecule has 0 radical (unpaired) electrons. The van der Waals surface area contributed by atoms with Gasteiger partial charge in [-0.3, -0.25) is 0 Å². The van der Waals surface area contributed by atoms with Gasteiger partial charge in [-0.1, -0.05) is 25.0 Å². The summed E-state index contributed by atoms with van der Waals surface area (Å²) in [6, 6.07) is 7.08. The highest BCUT2D eigenvalue weighted by molar-refractivity contribution is 5.73. The van der Waals surface area contributed by atoms with Crippen molar-refractivity contribution in [2.75, 3.05) is 27.7 Å². The van der Waals surface area contributed by atoms with Crippen LogP contribution in [0.15, 0.2) is 24.3 Å². The number of hydrogen-bond acceptors (Lipinski definition) is 12. The Morgan fingerprint density at radius 1 is 0.932 bits per heavy atom. The summed E-state index contributed by atoms with van der Waals surface area (Å²) in [5.74, 6) is -3.04. The number of methoxy groups -OCH3 is 1. The highest BCUT2D eigenvalue weighted by Gasteiger charge is 2.58. The van der Waals surface area contributed by atoms with Gasteiger partial charge in [0.05, 0.1) is 33.4 Å². The van der Waals surface area contributed by atoms with E-state index in [1.54, 1.807) is 38.4 Å². The van der Waals surface area contributed by atoms with E-state index in [-0.39, 0.29) is 23.4 Å². The lowest BCUT2D eigenvalue weighted by atomic mass is 9.71. The van der Waals surface area contributed by atoms with E-state index in [0.717, 1.165) is 12.8 Å². The van der Waals surface area contributed by atoms with Gasteiger partial charge in [0.25, 0.3) is 0 Å². The number of rotatable bonds is 9. The predicted octanol–water partition coefficient (Wildman–Crippen LogP) is -5.04. The van der Waals surface area contributed by atoms with Crippen LogP contribution in [0.25, 0.3) is 0 Å². The molecule has 12 atom stereocenters. The van der Waals surface area contributed by atoms with Crippen molar-refractivity contribution in [2.45, 2.75) is 92.6 Å². The molecule has 0 bridgehead atoms. The lowest BCUT2D eigenvalue weighted by Gasteiger charge is -2.51. The number of carbonyl (C=O) groups is 2. The van der Waals surface area contributed by atoms with Gasteiger partial charge in [-0.15, -0.1) is 0 Å². The maximum absolute atomic E-state index is 12.0. The maximum atomic E-state index is 12.0. The van der Waals surface area contributed by atoms with E-state index in [9.17, 15) is 50.4 Å². The van der Waals surface area contributed by atoms with E-state index >= 15 is 0 Å². The third kappa shape index (κ3) is 6.98. The van der Waals surface area contributed by atoms with Crippen molar-refractivity contribution in [1.82, 2.24) is 0 Å². The molecule has 0 aromatic heterocycles. The molecule has 1 aliphatic carbocycles. The summed E-state index contributed by atoms with van der Waals surface area (Å²) in [4.78, 5) is 23.6. The second-order valence-corrected chi connectivity index (χ2v) is 12.2. The van der Waals surface area contributed by atoms with Gasteiger partial charge in [0, 0.05) is 5.92 Å². The number of hydrogen-bond donors (Lipinski definition) is 8. The monoisotopic (exact) mass is 651 g/mol. The number of ether oxygens (including phenoxy) is 4. The first-order valence-electron chi connectivity index (χ1n) is 14.1. The number of aliphatic carboxylic acids is 2. The third-order valence-corrected chi connectivity index (χ3v) is 8.90. The predicted molar refractivity (Wildman–Crippen MR) is 143 cm³/mol. The zero-order chi connectivity index (χ0) is 31.9. The quantitative estimate of drug-likeness (QED) is 0.117. The van der Waals surface area contributed by atoms with E-state index in [1.807, 2.05) is 0 Å². The van der Waals surface area contributed by atoms with Crippen molar-refractivity contribution in [3.05, 3.63) is 29.8 Å². The average molecular weight is 652 g/mol. The number of carboxylic acid groups (broad SMARTS) is 2. The van der Waals surface area contributed by atoms with E-state index in [4.69, 9.17) is 18.9 Å². The minimum Gasteiger partial charge on any atom is -1.00 e. The number of aliphatic hydroxyl groups is 6. The Balaban J connectivity index is 0.00000529. The SMILES string of the molecule is COc1cccc(C2(O)CCCCC2C[N+](C)(C)C2OC(C(=O)O)C(O)C(O)C2OC2OC(C(=O)O)C(O)C(O)C2O)c1.[Cl-]. The van der Waals surface area contributed by atoms with E-state index in [1.165, 1.54) is 7.11 Å². The first-order chi connectivity index (χ1) is 20.1. The van der Waals surface area contributed by atoms with Gasteiger partial charge in [0.1, 0.15) is 36.3 Å². The molecule has 4 rings (SSSR count). The van der Waals surface area contributed by atoms with E-state index < -0.39 is 84.8 Å². The molecule has 44 heavy (non-hydrogen) atoms. The lowest BCUT2D eigenvalue weighted by Crippen LogP contribution is -3.00. The maximum Gasteiger partial charge on any atom is 0.335 e. The normalized spacial score (nSPS) is 39.6. The number of aliphatic hydroxyl groups excluding tert-OH is 5. The second kappa shape index (κ2) is 14.1. The highest BCUT2D eigenvalue weighted by Crippen LogP contribution is 2.44. The molecule has 0 spiro atoms. The molecule has 8 N–H and O–H groups in total. The van der Waals surface area contributed by atoms with Gasteiger partial charge in [-0.2, -0.15) is 0 Å². The van der Waals surface area contributed by atoms with E-state index in [0.29, 0.717) is 24.2 Å². The molecular weight excluding hydrogens is 610 g/mol. The largest absolute Gasteiger partial charge is 1.00 e. The molecule has 1 aromatic carbocycles. The Kier molecular flexibility index (Phi) is 11.6. The third-order valence-electron chi connectivity index (χ3n) is 8.90. The van der Waals surface area contributed by atoms with Crippen molar-refractivity contribution >= 4 is 11.9 Å². The second-order valence-electron chi connectivity index (χ2n) is 12.2. The fourth-order valence-corrected chi connectivity index (χ4v) is 6.50. The molecule has 16 heteroatoms. The lowest BCUT2D eigenvalue weighted by molar-refractivity contribution is -0.948. The van der Waals surface area contributed by atoms with Crippen LogP contribution in [0.5, 0.6) is 5.75 Å². The van der Waals surface area contributed by atoms with Gasteiger partial charge in [-0.05, 0) is 30.5 Å². The Morgan fingerprint density at radius 3 is 2.16 bits per heavy atom. The molecule has 3 aliphatic rings. The molecule has 12 unspecified atom stereocenters. The van der Waals surface area contributed by atoms with Crippen LogP contribution in [-0.4, -0.2) is 146 Å². The number of halogens is 1. The van der Waals surface area contributed by atoms with Gasteiger partial charge in [0.15, 0.2) is 24.6 Å². The fraction of sp³-hybridized carbons (Fsp3) is 0.714. The molecule has 1 saturated carbocycles. The standard InChI is InChI=1S/C28H41NO14.ClH/c1-29(2,12-14-7-4-5-10-28(14,39)13-8-6-9-15(11-13)40-3)24-21(18(32)19(33)22(41-24)25(35)36)42-27-20(34)16(30)17(31)23(43-27)26(37)38;/h6,8-9,11,14,16-24,27,30-34,39H,4-5,7,10,12H2,1-3H3,(H-,35,36,37,38);1H. The Labute approximate surface area is 260 Å². The summed E-state index contributed by atoms with van der Waals surface area (Å²) in [6.07, 6.45) is -16.1.